The highest BCUT2D eigenvalue weighted by Gasteiger charge is 2.33. The molecular weight excluding hydrogens is 638 g/mol. The molecule has 14 heteroatoms. The Kier molecular flexibility index (Phi) is 8.40. The van der Waals surface area contributed by atoms with Crippen LogP contribution >= 0.6 is 58.0 Å². The SMILES string of the molecule is FC(F)(F)c1cnc(Oc2c(Cl)cc(-c3[c]ccc(Oc4ccc(C(F)(F)F)c(Cl)c4)c3Cl)cc2Cl)c(Cl)c1. The number of hydrogen-bond acceptors (Lipinski definition) is 3. The van der Waals surface area contributed by atoms with Gasteiger partial charge in [0, 0.05) is 17.8 Å². The van der Waals surface area contributed by atoms with E-state index < -0.39 is 33.5 Å². The summed E-state index contributed by atoms with van der Waals surface area (Å²) >= 11 is 30.8. The Morgan fingerprint density at radius 1 is 0.718 bits per heavy atom. The second-order valence-electron chi connectivity index (χ2n) is 7.65. The van der Waals surface area contributed by atoms with Crippen molar-refractivity contribution < 1.29 is 35.8 Å². The number of rotatable bonds is 5. The smallest absolute Gasteiger partial charge is 0.417 e. The predicted octanol–water partition coefficient (Wildman–Crippen LogP) is 11.4. The Bertz CT molecular complexity index is 1540. The van der Waals surface area contributed by atoms with Gasteiger partial charge in [-0.2, -0.15) is 26.3 Å². The summed E-state index contributed by atoms with van der Waals surface area (Å²) < 4.78 is 88.6. The van der Waals surface area contributed by atoms with Crippen LogP contribution in [-0.4, -0.2) is 4.98 Å². The van der Waals surface area contributed by atoms with E-state index in [-0.39, 0.29) is 43.8 Å². The van der Waals surface area contributed by atoms with Crippen LogP contribution in [0.5, 0.6) is 23.1 Å². The van der Waals surface area contributed by atoms with E-state index in [9.17, 15) is 26.3 Å². The predicted molar refractivity (Wildman–Crippen MR) is 137 cm³/mol. The molecule has 203 valence electrons. The van der Waals surface area contributed by atoms with E-state index in [1.54, 1.807) is 0 Å². The van der Waals surface area contributed by atoms with Crippen LogP contribution in [0.1, 0.15) is 11.1 Å². The minimum atomic E-state index is -4.65. The lowest BCUT2D eigenvalue weighted by Crippen LogP contribution is -2.05. The van der Waals surface area contributed by atoms with Crippen molar-refractivity contribution in [1.29, 1.82) is 0 Å². The molecule has 4 aromatic rings. The molecule has 0 saturated carbocycles. The first-order valence-electron chi connectivity index (χ1n) is 10.3. The maximum atomic E-state index is 13.0. The molecule has 0 atom stereocenters. The highest BCUT2D eigenvalue weighted by atomic mass is 35.5. The number of hydrogen-bond donors (Lipinski definition) is 0. The third-order valence-electron chi connectivity index (χ3n) is 4.99. The molecule has 0 aliphatic heterocycles. The summed E-state index contributed by atoms with van der Waals surface area (Å²) in [5.74, 6) is -0.446. The Balaban J connectivity index is 1.62. The molecule has 39 heavy (non-hydrogen) atoms. The van der Waals surface area contributed by atoms with Gasteiger partial charge in [0.1, 0.15) is 16.5 Å². The largest absolute Gasteiger partial charge is 0.456 e. The summed E-state index contributed by atoms with van der Waals surface area (Å²) in [6.45, 7) is 0. The van der Waals surface area contributed by atoms with Gasteiger partial charge in [0.15, 0.2) is 5.75 Å². The standard InChI is InChI=1S/C25H9Cl5F6NO2/c26-16-9-13(4-5-15(16)25(34,35)36)38-20-3-1-2-14(21(20)30)11-6-17(27)22(18(28)7-11)39-23-19(29)8-12(10-37-23)24(31,32)33/h1,3-10H. The lowest BCUT2D eigenvalue weighted by molar-refractivity contribution is -0.138. The number of alkyl halides is 6. The third-order valence-corrected chi connectivity index (χ3v) is 6.51. The van der Waals surface area contributed by atoms with E-state index in [0.717, 1.165) is 18.2 Å². The van der Waals surface area contributed by atoms with E-state index in [2.05, 4.69) is 11.1 Å². The van der Waals surface area contributed by atoms with Crippen LogP contribution in [0.2, 0.25) is 25.1 Å². The molecule has 0 amide bonds. The Morgan fingerprint density at radius 3 is 1.95 bits per heavy atom. The van der Waals surface area contributed by atoms with Gasteiger partial charge in [-0.3, -0.25) is 0 Å². The summed E-state index contributed by atoms with van der Waals surface area (Å²) in [5.41, 5.74) is -1.50. The first kappa shape index (κ1) is 29.4. The van der Waals surface area contributed by atoms with Gasteiger partial charge in [0.25, 0.3) is 0 Å². The zero-order chi connectivity index (χ0) is 28.7. The van der Waals surface area contributed by atoms with Crippen LogP contribution in [0.3, 0.4) is 0 Å². The van der Waals surface area contributed by atoms with Crippen molar-refractivity contribution in [1.82, 2.24) is 4.98 Å². The summed E-state index contributed by atoms with van der Waals surface area (Å²) in [7, 11) is 0. The van der Waals surface area contributed by atoms with Gasteiger partial charge in [-0.05, 0) is 54.1 Å². The Labute approximate surface area is 241 Å². The molecule has 1 aromatic heterocycles. The van der Waals surface area contributed by atoms with Gasteiger partial charge in [0.2, 0.25) is 5.88 Å². The molecule has 3 aromatic carbocycles. The lowest BCUT2D eigenvalue weighted by atomic mass is 10.0. The van der Waals surface area contributed by atoms with E-state index in [1.807, 2.05) is 0 Å². The monoisotopic (exact) mass is 644 g/mol. The lowest BCUT2D eigenvalue weighted by Gasteiger charge is -2.15. The number of aromatic nitrogens is 1. The maximum Gasteiger partial charge on any atom is 0.417 e. The average Bonchev–Trinajstić information content (AvgIpc) is 2.82. The molecule has 0 aliphatic rings. The second-order valence-corrected chi connectivity index (χ2v) is 9.66. The van der Waals surface area contributed by atoms with Crippen LogP contribution in [0.25, 0.3) is 11.1 Å². The molecule has 0 aliphatic carbocycles. The quantitative estimate of drug-likeness (QED) is 0.202. The molecule has 3 nitrogen and oxygen atoms in total. The molecule has 0 bridgehead atoms. The van der Waals surface area contributed by atoms with Gasteiger partial charge in [-0.1, -0.05) is 58.0 Å². The Morgan fingerprint density at radius 2 is 1.38 bits per heavy atom. The fourth-order valence-electron chi connectivity index (χ4n) is 3.22. The molecule has 1 heterocycles. The molecule has 1 radical (unpaired) electrons. The first-order valence-corrected chi connectivity index (χ1v) is 12.2. The van der Waals surface area contributed by atoms with Crippen LogP contribution in [0.15, 0.2) is 54.7 Å². The van der Waals surface area contributed by atoms with Crippen molar-refractivity contribution in [2.24, 2.45) is 0 Å². The van der Waals surface area contributed by atoms with Crippen molar-refractivity contribution in [3.63, 3.8) is 0 Å². The zero-order valence-corrected chi connectivity index (χ0v) is 22.4. The molecular formula is C25H9Cl5F6NO2. The number of nitrogens with zero attached hydrogens (tertiary/aromatic N) is 1. The summed E-state index contributed by atoms with van der Waals surface area (Å²) in [5, 5.41) is -1.11. The van der Waals surface area contributed by atoms with Crippen LogP contribution < -0.4 is 9.47 Å². The van der Waals surface area contributed by atoms with Crippen molar-refractivity contribution in [2.75, 3.05) is 0 Å². The summed E-state index contributed by atoms with van der Waals surface area (Å²) in [6.07, 6.45) is -8.75. The maximum absolute atomic E-state index is 13.0. The number of halogens is 11. The summed E-state index contributed by atoms with van der Waals surface area (Å²) in [4.78, 5) is 3.59. The Hall–Kier alpha value is -2.56. The fourth-order valence-corrected chi connectivity index (χ4v) is 4.53. The average molecular weight is 647 g/mol. The van der Waals surface area contributed by atoms with Crippen molar-refractivity contribution >= 4 is 58.0 Å². The highest BCUT2D eigenvalue weighted by molar-refractivity contribution is 6.38. The zero-order valence-electron chi connectivity index (χ0n) is 18.6. The van der Waals surface area contributed by atoms with Gasteiger partial charge >= 0.3 is 12.4 Å². The second kappa shape index (κ2) is 11.1. The van der Waals surface area contributed by atoms with Crippen molar-refractivity contribution in [3.8, 4) is 34.3 Å². The van der Waals surface area contributed by atoms with E-state index in [0.29, 0.717) is 17.8 Å². The van der Waals surface area contributed by atoms with Crippen LogP contribution in [-0.2, 0) is 12.4 Å². The van der Waals surface area contributed by atoms with Crippen LogP contribution in [0, 0.1) is 6.07 Å². The topological polar surface area (TPSA) is 31.4 Å². The van der Waals surface area contributed by atoms with Gasteiger partial charge < -0.3 is 9.47 Å². The molecule has 0 fully saturated rings. The normalized spacial score (nSPS) is 12.0. The van der Waals surface area contributed by atoms with Crippen molar-refractivity contribution in [3.05, 3.63) is 97.0 Å². The molecule has 0 unspecified atom stereocenters. The molecule has 0 N–H and O–H groups in total. The van der Waals surface area contributed by atoms with E-state index >= 15 is 0 Å². The third kappa shape index (κ3) is 6.61. The number of ether oxygens (including phenoxy) is 2. The van der Waals surface area contributed by atoms with Crippen LogP contribution in [0.4, 0.5) is 26.3 Å². The van der Waals surface area contributed by atoms with Gasteiger partial charge in [0.05, 0.1) is 31.2 Å². The van der Waals surface area contributed by atoms with Gasteiger partial charge in [-0.15, -0.1) is 0 Å². The number of pyridine rings is 1. The van der Waals surface area contributed by atoms with Gasteiger partial charge in [-0.25, -0.2) is 4.98 Å². The minimum absolute atomic E-state index is 0.00668. The first-order chi connectivity index (χ1) is 18.1. The number of benzene rings is 3. The van der Waals surface area contributed by atoms with E-state index in [4.69, 9.17) is 67.5 Å². The van der Waals surface area contributed by atoms with E-state index in [1.165, 1.54) is 24.3 Å². The minimum Gasteiger partial charge on any atom is -0.456 e. The molecule has 0 saturated heterocycles. The summed E-state index contributed by atoms with van der Waals surface area (Å²) in [6, 6.07) is 12.0. The highest BCUT2D eigenvalue weighted by Crippen LogP contribution is 2.45. The molecule has 0 spiro atoms. The van der Waals surface area contributed by atoms with Crippen molar-refractivity contribution in [2.45, 2.75) is 12.4 Å². The fraction of sp³-hybridized carbons (Fsp3) is 0.0800. The molecule has 4 rings (SSSR count).